The van der Waals surface area contributed by atoms with Crippen molar-refractivity contribution in [1.29, 1.82) is 0 Å². The van der Waals surface area contributed by atoms with Crippen molar-refractivity contribution in [3.05, 3.63) is 106 Å². The van der Waals surface area contributed by atoms with Crippen LogP contribution in [-0.4, -0.2) is 18.0 Å². The van der Waals surface area contributed by atoms with E-state index in [-0.39, 0.29) is 18.0 Å². The highest BCUT2D eigenvalue weighted by Gasteiger charge is 2.22. The number of para-hydroxylation sites is 3. The number of benzene rings is 3. The molecule has 0 saturated heterocycles. The number of carbonyl (C=O) groups excluding carboxylic acids is 1. The highest BCUT2D eigenvalue weighted by Crippen LogP contribution is 2.30. The lowest BCUT2D eigenvalue weighted by Gasteiger charge is -2.25. The van der Waals surface area contributed by atoms with Crippen LogP contribution in [0.4, 0.5) is 5.69 Å². The molecule has 0 unspecified atom stereocenters. The summed E-state index contributed by atoms with van der Waals surface area (Å²) >= 11 is 0. The van der Waals surface area contributed by atoms with Crippen LogP contribution in [-0.2, 0) is 6.54 Å². The summed E-state index contributed by atoms with van der Waals surface area (Å²) in [6.45, 7) is 2.06. The summed E-state index contributed by atoms with van der Waals surface area (Å²) in [6, 6.07) is 24.2. The Morgan fingerprint density at radius 1 is 0.967 bits per heavy atom. The van der Waals surface area contributed by atoms with Crippen LogP contribution < -0.4 is 15.2 Å². The number of carbonyl (C=O) groups is 1. The van der Waals surface area contributed by atoms with E-state index >= 15 is 0 Å². The number of aryl methyl sites for hydroxylation is 1. The summed E-state index contributed by atoms with van der Waals surface area (Å²) in [5, 5.41) is 0.912. The number of hydrogen-bond acceptors (Lipinski definition) is 3. The quantitative estimate of drug-likeness (QED) is 0.530. The van der Waals surface area contributed by atoms with Gasteiger partial charge in [-0.3, -0.25) is 9.59 Å². The van der Waals surface area contributed by atoms with Gasteiger partial charge in [-0.05, 0) is 48.7 Å². The van der Waals surface area contributed by atoms with Crippen molar-refractivity contribution >= 4 is 22.5 Å². The maximum absolute atomic E-state index is 13.5. The van der Waals surface area contributed by atoms with E-state index in [0.29, 0.717) is 22.6 Å². The number of pyridine rings is 1. The van der Waals surface area contributed by atoms with E-state index in [2.05, 4.69) is 4.98 Å². The predicted molar refractivity (Wildman–Crippen MR) is 119 cm³/mol. The van der Waals surface area contributed by atoms with E-state index in [0.717, 1.165) is 16.5 Å². The zero-order valence-corrected chi connectivity index (χ0v) is 16.9. The second-order valence-electron chi connectivity index (χ2n) is 7.14. The van der Waals surface area contributed by atoms with Crippen molar-refractivity contribution < 1.29 is 9.53 Å². The Hall–Kier alpha value is -3.86. The number of H-pyrrole nitrogens is 1. The number of aromatic amines is 1. The lowest BCUT2D eigenvalue weighted by atomic mass is 10.1. The van der Waals surface area contributed by atoms with Gasteiger partial charge in [0.25, 0.3) is 11.5 Å². The van der Waals surface area contributed by atoms with Gasteiger partial charge in [-0.15, -0.1) is 0 Å². The van der Waals surface area contributed by atoms with Crippen LogP contribution in [0.5, 0.6) is 5.75 Å². The summed E-state index contributed by atoms with van der Waals surface area (Å²) in [5.41, 5.74) is 3.20. The Bertz CT molecular complexity index is 1280. The molecule has 0 spiro atoms. The summed E-state index contributed by atoms with van der Waals surface area (Å²) in [4.78, 5) is 30.7. The number of ether oxygens (including phenoxy) is 1. The monoisotopic (exact) mass is 398 g/mol. The molecular weight excluding hydrogens is 376 g/mol. The fourth-order valence-corrected chi connectivity index (χ4v) is 3.53. The standard InChI is InChI=1S/C25H22N2O3/c1-17-8-7-10-19(14-17)25(29)27(22-12-5-6-13-23(22)30-2)16-20-15-18-9-3-4-11-21(18)26-24(20)28/h3-15H,16H2,1-2H3,(H,26,28). The van der Waals surface area contributed by atoms with Gasteiger partial charge in [0.15, 0.2) is 0 Å². The first kappa shape index (κ1) is 19.5. The number of nitrogens with one attached hydrogen (secondary N) is 1. The third-order valence-electron chi connectivity index (χ3n) is 5.04. The fraction of sp³-hybridized carbons (Fsp3) is 0.120. The Morgan fingerprint density at radius 2 is 1.73 bits per heavy atom. The van der Waals surface area contributed by atoms with Crippen LogP contribution in [0.15, 0.2) is 83.7 Å². The average molecular weight is 398 g/mol. The van der Waals surface area contributed by atoms with Crippen LogP contribution in [0.25, 0.3) is 10.9 Å². The second-order valence-corrected chi connectivity index (χ2v) is 7.14. The van der Waals surface area contributed by atoms with Gasteiger partial charge in [-0.2, -0.15) is 0 Å². The van der Waals surface area contributed by atoms with Gasteiger partial charge >= 0.3 is 0 Å². The minimum absolute atomic E-state index is 0.118. The Morgan fingerprint density at radius 3 is 2.53 bits per heavy atom. The predicted octanol–water partition coefficient (Wildman–Crippen LogP) is 4.69. The summed E-state index contributed by atoms with van der Waals surface area (Å²) in [6.07, 6.45) is 0. The smallest absolute Gasteiger partial charge is 0.258 e. The molecule has 5 heteroatoms. The van der Waals surface area contributed by atoms with Crippen LogP contribution in [0, 0.1) is 6.92 Å². The van der Waals surface area contributed by atoms with Crippen molar-refractivity contribution in [1.82, 2.24) is 4.98 Å². The SMILES string of the molecule is COc1ccccc1N(Cc1cc2ccccc2[nH]c1=O)C(=O)c1cccc(C)c1. The first-order chi connectivity index (χ1) is 14.6. The normalized spacial score (nSPS) is 10.7. The lowest BCUT2D eigenvalue weighted by Crippen LogP contribution is -2.33. The Kier molecular flexibility index (Phi) is 5.35. The third-order valence-corrected chi connectivity index (χ3v) is 5.04. The highest BCUT2D eigenvalue weighted by molar-refractivity contribution is 6.07. The fourth-order valence-electron chi connectivity index (χ4n) is 3.53. The molecule has 0 fully saturated rings. The maximum atomic E-state index is 13.5. The third kappa shape index (κ3) is 3.82. The van der Waals surface area contributed by atoms with Crippen molar-refractivity contribution in [3.8, 4) is 5.75 Å². The number of rotatable bonds is 5. The zero-order valence-electron chi connectivity index (χ0n) is 16.9. The minimum Gasteiger partial charge on any atom is -0.495 e. The van der Waals surface area contributed by atoms with Crippen molar-refractivity contribution in [2.24, 2.45) is 0 Å². The molecule has 0 atom stereocenters. The number of aromatic nitrogens is 1. The molecule has 4 aromatic rings. The summed E-state index contributed by atoms with van der Waals surface area (Å²) in [5.74, 6) is 0.367. The van der Waals surface area contributed by atoms with E-state index < -0.39 is 0 Å². The van der Waals surface area contributed by atoms with Gasteiger partial charge in [0.2, 0.25) is 0 Å². The number of nitrogens with zero attached hydrogens (tertiary/aromatic N) is 1. The van der Waals surface area contributed by atoms with Crippen LogP contribution in [0.2, 0.25) is 0 Å². The van der Waals surface area contributed by atoms with Gasteiger partial charge < -0.3 is 14.6 Å². The van der Waals surface area contributed by atoms with E-state index in [1.165, 1.54) is 0 Å². The van der Waals surface area contributed by atoms with Gasteiger partial charge in [0.05, 0.1) is 19.3 Å². The molecule has 150 valence electrons. The molecule has 1 amide bonds. The molecule has 0 radical (unpaired) electrons. The van der Waals surface area contributed by atoms with Gasteiger partial charge in [-0.25, -0.2) is 0 Å². The largest absolute Gasteiger partial charge is 0.495 e. The number of hydrogen-bond donors (Lipinski definition) is 1. The molecule has 4 rings (SSSR count). The van der Waals surface area contributed by atoms with Crippen LogP contribution in [0.3, 0.4) is 0 Å². The molecule has 1 aromatic heterocycles. The van der Waals surface area contributed by atoms with Crippen molar-refractivity contribution in [2.45, 2.75) is 13.5 Å². The molecule has 0 aliphatic heterocycles. The molecule has 3 aromatic carbocycles. The van der Waals surface area contributed by atoms with Gasteiger partial charge in [0.1, 0.15) is 5.75 Å². The summed E-state index contributed by atoms with van der Waals surface area (Å²) in [7, 11) is 1.57. The molecule has 0 saturated carbocycles. The Labute approximate surface area is 174 Å². The first-order valence-corrected chi connectivity index (χ1v) is 9.69. The first-order valence-electron chi connectivity index (χ1n) is 9.69. The van der Waals surface area contributed by atoms with Crippen LogP contribution >= 0.6 is 0 Å². The lowest BCUT2D eigenvalue weighted by molar-refractivity contribution is 0.0984. The summed E-state index contributed by atoms with van der Waals surface area (Å²) < 4.78 is 5.49. The highest BCUT2D eigenvalue weighted by atomic mass is 16.5. The number of amides is 1. The molecule has 1 N–H and O–H groups in total. The number of fused-ring (bicyclic) bond motifs is 1. The molecule has 5 nitrogen and oxygen atoms in total. The molecule has 0 aliphatic rings. The van der Waals surface area contributed by atoms with Crippen molar-refractivity contribution in [2.75, 3.05) is 12.0 Å². The zero-order chi connectivity index (χ0) is 21.1. The average Bonchev–Trinajstić information content (AvgIpc) is 2.77. The maximum Gasteiger partial charge on any atom is 0.258 e. The van der Waals surface area contributed by atoms with E-state index in [4.69, 9.17) is 4.74 Å². The Balaban J connectivity index is 1.82. The molecule has 0 bridgehead atoms. The molecular formula is C25H22N2O3. The second kappa shape index (κ2) is 8.25. The van der Waals surface area contributed by atoms with E-state index in [9.17, 15) is 9.59 Å². The molecule has 30 heavy (non-hydrogen) atoms. The van der Waals surface area contributed by atoms with Gasteiger partial charge in [0, 0.05) is 16.6 Å². The number of anilines is 1. The molecule has 0 aliphatic carbocycles. The number of methoxy groups -OCH3 is 1. The molecule has 1 heterocycles. The van der Waals surface area contributed by atoms with Crippen LogP contribution in [0.1, 0.15) is 21.5 Å². The van der Waals surface area contributed by atoms with Crippen molar-refractivity contribution in [3.63, 3.8) is 0 Å². The topological polar surface area (TPSA) is 62.4 Å². The van der Waals surface area contributed by atoms with E-state index in [1.807, 2.05) is 73.7 Å². The van der Waals surface area contributed by atoms with Gasteiger partial charge in [-0.1, -0.05) is 48.0 Å². The minimum atomic E-state index is -0.217. The van der Waals surface area contributed by atoms with E-state index in [1.54, 1.807) is 24.1 Å².